The molecule has 0 radical (unpaired) electrons. The summed E-state index contributed by atoms with van der Waals surface area (Å²) in [6.45, 7) is 8.86. The Labute approximate surface area is 113 Å². The van der Waals surface area contributed by atoms with Gasteiger partial charge in [0.05, 0.1) is 6.54 Å². The van der Waals surface area contributed by atoms with Crippen LogP contribution in [0.5, 0.6) is 0 Å². The first kappa shape index (κ1) is 14.0. The van der Waals surface area contributed by atoms with Crippen molar-refractivity contribution < 1.29 is 4.79 Å². The van der Waals surface area contributed by atoms with Crippen LogP contribution in [-0.2, 0) is 17.9 Å². The van der Waals surface area contributed by atoms with Crippen molar-refractivity contribution >= 4 is 5.91 Å². The van der Waals surface area contributed by atoms with E-state index in [2.05, 4.69) is 20.4 Å². The number of fused-ring (bicyclic) bond motifs is 1. The molecule has 0 aliphatic carbocycles. The summed E-state index contributed by atoms with van der Waals surface area (Å²) in [7, 11) is 0. The fraction of sp³-hybridized carbons (Fsp3) is 0.750. The van der Waals surface area contributed by atoms with Crippen LogP contribution in [0.3, 0.4) is 0 Å². The predicted octanol–water partition coefficient (Wildman–Crippen LogP) is -0.664. The highest BCUT2D eigenvalue weighted by Gasteiger charge is 2.34. The summed E-state index contributed by atoms with van der Waals surface area (Å²) in [5.41, 5.74) is 4.82. The van der Waals surface area contributed by atoms with Crippen molar-refractivity contribution in [3.63, 3.8) is 0 Å². The van der Waals surface area contributed by atoms with Crippen molar-refractivity contribution in [2.75, 3.05) is 13.1 Å². The third-order valence-corrected chi connectivity index (χ3v) is 3.41. The zero-order chi connectivity index (χ0) is 14.0. The Kier molecular flexibility index (Phi) is 3.86. The lowest BCUT2D eigenvalue weighted by Gasteiger charge is -2.36. The van der Waals surface area contributed by atoms with E-state index in [1.165, 1.54) is 0 Å². The molecule has 1 atom stereocenters. The number of rotatable bonds is 5. The molecule has 3 N–H and O–H groups in total. The third kappa shape index (κ3) is 3.10. The van der Waals surface area contributed by atoms with Gasteiger partial charge in [0.1, 0.15) is 17.7 Å². The van der Waals surface area contributed by atoms with E-state index < -0.39 is 5.54 Å². The quantitative estimate of drug-likeness (QED) is 0.738. The maximum Gasteiger partial charge on any atom is 0.238 e. The number of nitrogens with two attached hydrogens (primary N) is 1. The van der Waals surface area contributed by atoms with Gasteiger partial charge in [-0.1, -0.05) is 0 Å². The Morgan fingerprint density at radius 2 is 2.32 bits per heavy atom. The zero-order valence-electron chi connectivity index (χ0n) is 11.8. The van der Waals surface area contributed by atoms with Gasteiger partial charge in [-0.3, -0.25) is 9.69 Å². The van der Waals surface area contributed by atoms with Crippen molar-refractivity contribution in [1.82, 2.24) is 25.0 Å². The second-order valence-corrected chi connectivity index (χ2v) is 5.65. The average Bonchev–Trinajstić information content (AvgIpc) is 2.74. The number of carbonyl (C=O) groups excluding carboxylic acids is 1. The van der Waals surface area contributed by atoms with Crippen LogP contribution in [0, 0.1) is 0 Å². The molecule has 2 heterocycles. The topological polar surface area (TPSA) is 89.1 Å². The SMILES string of the molecule is CC(C)NC(C)(CN1CCn2cnnc2C1)C(N)=O. The van der Waals surface area contributed by atoms with Crippen molar-refractivity contribution in [3.8, 4) is 0 Å². The number of carbonyl (C=O) groups is 1. The molecule has 0 fully saturated rings. The molecule has 7 nitrogen and oxygen atoms in total. The number of nitrogens with one attached hydrogen (secondary N) is 1. The fourth-order valence-electron chi connectivity index (χ4n) is 2.53. The Bertz CT molecular complexity index is 457. The Morgan fingerprint density at radius 1 is 1.58 bits per heavy atom. The lowest BCUT2D eigenvalue weighted by atomic mass is 9.99. The molecule has 0 saturated carbocycles. The van der Waals surface area contributed by atoms with Gasteiger partial charge in [0.15, 0.2) is 0 Å². The molecule has 1 unspecified atom stereocenters. The molecule has 1 amide bonds. The Balaban J connectivity index is 2.05. The van der Waals surface area contributed by atoms with Crippen LogP contribution in [-0.4, -0.2) is 50.2 Å². The summed E-state index contributed by atoms with van der Waals surface area (Å²) in [5.74, 6) is 0.607. The smallest absolute Gasteiger partial charge is 0.238 e. The minimum absolute atomic E-state index is 0.200. The van der Waals surface area contributed by atoms with Crippen LogP contribution in [0.1, 0.15) is 26.6 Å². The molecule has 1 aliphatic rings. The molecule has 0 bridgehead atoms. The molecule has 106 valence electrons. The highest BCUT2D eigenvalue weighted by Crippen LogP contribution is 2.14. The van der Waals surface area contributed by atoms with Crippen LogP contribution in [0.25, 0.3) is 0 Å². The normalized spacial score (nSPS) is 19.2. The van der Waals surface area contributed by atoms with Gasteiger partial charge < -0.3 is 15.6 Å². The van der Waals surface area contributed by atoms with E-state index in [4.69, 9.17) is 5.73 Å². The van der Waals surface area contributed by atoms with Gasteiger partial charge in [0, 0.05) is 25.7 Å². The third-order valence-electron chi connectivity index (χ3n) is 3.41. The van der Waals surface area contributed by atoms with E-state index in [-0.39, 0.29) is 11.9 Å². The number of nitrogens with zero attached hydrogens (tertiary/aromatic N) is 4. The average molecular weight is 266 g/mol. The maximum absolute atomic E-state index is 11.7. The number of aromatic nitrogens is 3. The summed E-state index contributed by atoms with van der Waals surface area (Å²) < 4.78 is 2.04. The highest BCUT2D eigenvalue weighted by molar-refractivity contribution is 5.84. The molecule has 7 heteroatoms. The predicted molar refractivity (Wildman–Crippen MR) is 71.2 cm³/mol. The number of hydrogen-bond donors (Lipinski definition) is 2. The molecular weight excluding hydrogens is 244 g/mol. The standard InChI is InChI=1S/C12H22N6O/c1-9(2)15-12(3,11(13)19)7-17-4-5-18-8-14-16-10(18)6-17/h8-9,15H,4-7H2,1-3H3,(H2,13,19). The Morgan fingerprint density at radius 3 is 2.95 bits per heavy atom. The lowest BCUT2D eigenvalue weighted by Crippen LogP contribution is -2.61. The fourth-order valence-corrected chi connectivity index (χ4v) is 2.53. The zero-order valence-corrected chi connectivity index (χ0v) is 11.8. The minimum Gasteiger partial charge on any atom is -0.368 e. The molecule has 0 aromatic carbocycles. The van der Waals surface area contributed by atoms with Crippen molar-refractivity contribution in [2.45, 2.75) is 45.4 Å². The summed E-state index contributed by atoms with van der Waals surface area (Å²) >= 11 is 0. The first-order chi connectivity index (χ1) is 8.90. The van der Waals surface area contributed by atoms with E-state index in [9.17, 15) is 4.79 Å². The van der Waals surface area contributed by atoms with Crippen molar-refractivity contribution in [2.24, 2.45) is 5.73 Å². The van der Waals surface area contributed by atoms with E-state index >= 15 is 0 Å². The van der Waals surface area contributed by atoms with Gasteiger partial charge in [0.2, 0.25) is 5.91 Å². The van der Waals surface area contributed by atoms with Gasteiger partial charge in [-0.05, 0) is 20.8 Å². The van der Waals surface area contributed by atoms with Crippen LogP contribution >= 0.6 is 0 Å². The van der Waals surface area contributed by atoms with E-state index in [0.717, 1.165) is 18.9 Å². The largest absolute Gasteiger partial charge is 0.368 e. The van der Waals surface area contributed by atoms with Crippen LogP contribution < -0.4 is 11.1 Å². The molecule has 1 aliphatic heterocycles. The number of primary amides is 1. The van der Waals surface area contributed by atoms with Gasteiger partial charge in [-0.25, -0.2) is 0 Å². The summed E-state index contributed by atoms with van der Waals surface area (Å²) in [6.07, 6.45) is 1.74. The van der Waals surface area contributed by atoms with E-state index in [1.807, 2.05) is 25.3 Å². The lowest BCUT2D eigenvalue weighted by molar-refractivity contribution is -0.125. The maximum atomic E-state index is 11.7. The van der Waals surface area contributed by atoms with Crippen LogP contribution in [0.2, 0.25) is 0 Å². The monoisotopic (exact) mass is 266 g/mol. The van der Waals surface area contributed by atoms with E-state index in [0.29, 0.717) is 13.1 Å². The van der Waals surface area contributed by atoms with Crippen molar-refractivity contribution in [1.29, 1.82) is 0 Å². The Hall–Kier alpha value is -1.47. The first-order valence-corrected chi connectivity index (χ1v) is 6.57. The molecule has 19 heavy (non-hydrogen) atoms. The second kappa shape index (κ2) is 5.26. The number of amides is 1. The van der Waals surface area contributed by atoms with Gasteiger partial charge in [0.25, 0.3) is 0 Å². The molecule has 0 saturated heterocycles. The van der Waals surface area contributed by atoms with Gasteiger partial charge >= 0.3 is 0 Å². The molecule has 1 aromatic heterocycles. The van der Waals surface area contributed by atoms with Crippen LogP contribution in [0.4, 0.5) is 0 Å². The van der Waals surface area contributed by atoms with Crippen molar-refractivity contribution in [3.05, 3.63) is 12.2 Å². The summed E-state index contributed by atoms with van der Waals surface area (Å²) in [6, 6.07) is 0.200. The van der Waals surface area contributed by atoms with Gasteiger partial charge in [-0.2, -0.15) is 0 Å². The van der Waals surface area contributed by atoms with Crippen LogP contribution in [0.15, 0.2) is 6.33 Å². The van der Waals surface area contributed by atoms with E-state index in [1.54, 1.807) is 6.33 Å². The minimum atomic E-state index is -0.726. The molecule has 1 aromatic rings. The molecule has 2 rings (SSSR count). The molecule has 0 spiro atoms. The summed E-state index contributed by atoms with van der Waals surface area (Å²) in [5, 5.41) is 11.2. The van der Waals surface area contributed by atoms with Gasteiger partial charge in [-0.15, -0.1) is 10.2 Å². The molecular formula is C12H22N6O. The highest BCUT2D eigenvalue weighted by atomic mass is 16.1. The number of hydrogen-bond acceptors (Lipinski definition) is 5. The summed E-state index contributed by atoms with van der Waals surface area (Å²) in [4.78, 5) is 13.9. The second-order valence-electron chi connectivity index (χ2n) is 5.65. The first-order valence-electron chi connectivity index (χ1n) is 6.57.